The van der Waals surface area contributed by atoms with Crippen LogP contribution in [0.5, 0.6) is 0 Å². The Labute approximate surface area is 143 Å². The second kappa shape index (κ2) is 7.36. The monoisotopic (exact) mass is 332 g/mol. The van der Waals surface area contributed by atoms with E-state index in [2.05, 4.69) is 23.4 Å². The number of aryl methyl sites for hydroxylation is 3. The van der Waals surface area contributed by atoms with Crippen molar-refractivity contribution in [1.82, 2.24) is 20.0 Å². The number of piperidine rings is 1. The molecule has 2 fully saturated rings. The van der Waals surface area contributed by atoms with Gasteiger partial charge in [-0.3, -0.25) is 14.3 Å². The maximum atomic E-state index is 12.3. The maximum Gasteiger partial charge on any atom is 0.225 e. The first kappa shape index (κ1) is 17.0. The molecular weight excluding hydrogens is 304 g/mol. The first-order chi connectivity index (χ1) is 11.5. The quantitative estimate of drug-likeness (QED) is 0.806. The Bertz CT molecular complexity index is 598. The molecule has 1 aliphatic heterocycles. The number of carbonyl (C=O) groups excluding carboxylic acids is 2. The lowest BCUT2D eigenvalue weighted by atomic mass is 9.95. The van der Waals surface area contributed by atoms with Crippen molar-refractivity contribution < 1.29 is 9.59 Å². The third-order valence-corrected chi connectivity index (χ3v) is 5.05. The number of nitrogens with one attached hydrogen (secondary N) is 1. The highest BCUT2D eigenvalue weighted by Crippen LogP contribution is 2.32. The highest BCUT2D eigenvalue weighted by atomic mass is 16.2. The molecule has 0 unspecified atom stereocenters. The highest BCUT2D eigenvalue weighted by molar-refractivity contribution is 5.82. The third-order valence-electron chi connectivity index (χ3n) is 5.05. The van der Waals surface area contributed by atoms with Gasteiger partial charge in [-0.05, 0) is 52.0 Å². The summed E-state index contributed by atoms with van der Waals surface area (Å²) in [5, 5.41) is 7.47. The van der Waals surface area contributed by atoms with Gasteiger partial charge in [-0.1, -0.05) is 0 Å². The Morgan fingerprint density at radius 3 is 2.46 bits per heavy atom. The number of amides is 2. The number of nitrogens with zero attached hydrogens (tertiary/aromatic N) is 3. The summed E-state index contributed by atoms with van der Waals surface area (Å²) in [5.41, 5.74) is 2.19. The number of likely N-dealkylation sites (tertiary alicyclic amines) is 1. The van der Waals surface area contributed by atoms with E-state index in [-0.39, 0.29) is 17.7 Å². The lowest BCUT2D eigenvalue weighted by Crippen LogP contribution is -2.43. The minimum Gasteiger partial charge on any atom is -0.356 e. The van der Waals surface area contributed by atoms with Gasteiger partial charge < -0.3 is 10.2 Å². The zero-order valence-corrected chi connectivity index (χ0v) is 14.8. The van der Waals surface area contributed by atoms with Crippen molar-refractivity contribution >= 4 is 11.8 Å². The molecule has 1 saturated carbocycles. The zero-order chi connectivity index (χ0) is 17.1. The van der Waals surface area contributed by atoms with E-state index in [0.29, 0.717) is 12.5 Å². The number of carbonyl (C=O) groups is 2. The van der Waals surface area contributed by atoms with Gasteiger partial charge in [0.2, 0.25) is 11.8 Å². The van der Waals surface area contributed by atoms with Crippen molar-refractivity contribution in [2.45, 2.75) is 52.5 Å². The van der Waals surface area contributed by atoms with Crippen LogP contribution in [0.3, 0.4) is 0 Å². The van der Waals surface area contributed by atoms with Gasteiger partial charge in [-0.15, -0.1) is 0 Å². The summed E-state index contributed by atoms with van der Waals surface area (Å²) < 4.78 is 1.99. The molecule has 2 aliphatic rings. The van der Waals surface area contributed by atoms with Gasteiger partial charge in [0.25, 0.3) is 0 Å². The molecule has 2 amide bonds. The topological polar surface area (TPSA) is 67.2 Å². The van der Waals surface area contributed by atoms with E-state index in [4.69, 9.17) is 0 Å². The Kier molecular flexibility index (Phi) is 5.21. The Balaban J connectivity index is 1.34. The summed E-state index contributed by atoms with van der Waals surface area (Å²) >= 11 is 0. The molecule has 132 valence electrons. The average molecular weight is 332 g/mol. The molecule has 1 aromatic heterocycles. The van der Waals surface area contributed by atoms with E-state index < -0.39 is 0 Å². The minimum absolute atomic E-state index is 0.0573. The van der Waals surface area contributed by atoms with Crippen molar-refractivity contribution in [2.75, 3.05) is 19.6 Å². The summed E-state index contributed by atoms with van der Waals surface area (Å²) in [6.07, 6.45) is 4.57. The second-order valence-electron chi connectivity index (χ2n) is 7.17. The molecule has 2 heterocycles. The van der Waals surface area contributed by atoms with Crippen molar-refractivity contribution in [3.05, 3.63) is 17.5 Å². The fourth-order valence-corrected chi connectivity index (χ4v) is 3.44. The molecule has 1 aliphatic carbocycles. The van der Waals surface area contributed by atoms with Gasteiger partial charge in [0.1, 0.15) is 0 Å². The van der Waals surface area contributed by atoms with Crippen molar-refractivity contribution in [3.63, 3.8) is 0 Å². The summed E-state index contributed by atoms with van der Waals surface area (Å²) in [4.78, 5) is 26.2. The van der Waals surface area contributed by atoms with E-state index >= 15 is 0 Å². The lowest BCUT2D eigenvalue weighted by molar-refractivity contribution is -0.136. The number of hydrogen-bond acceptors (Lipinski definition) is 3. The van der Waals surface area contributed by atoms with Gasteiger partial charge in [0.15, 0.2) is 0 Å². The third kappa shape index (κ3) is 4.16. The first-order valence-corrected chi connectivity index (χ1v) is 9.12. The highest BCUT2D eigenvalue weighted by Gasteiger charge is 2.35. The van der Waals surface area contributed by atoms with E-state index in [0.717, 1.165) is 63.1 Å². The van der Waals surface area contributed by atoms with Crippen LogP contribution in [0.2, 0.25) is 0 Å². The van der Waals surface area contributed by atoms with Gasteiger partial charge >= 0.3 is 0 Å². The lowest BCUT2D eigenvalue weighted by Gasteiger charge is -2.31. The fraction of sp³-hybridized carbons (Fsp3) is 0.722. The number of hydrogen-bond donors (Lipinski definition) is 1. The number of rotatable bonds is 6. The Hall–Kier alpha value is -1.85. The summed E-state index contributed by atoms with van der Waals surface area (Å²) in [5.74, 6) is 0.785. The van der Waals surface area contributed by atoms with Crippen molar-refractivity contribution in [2.24, 2.45) is 11.8 Å². The van der Waals surface area contributed by atoms with Crippen LogP contribution in [-0.2, 0) is 16.1 Å². The molecule has 1 N–H and O–H groups in total. The Morgan fingerprint density at radius 1 is 1.17 bits per heavy atom. The molecule has 0 bridgehead atoms. The van der Waals surface area contributed by atoms with Crippen LogP contribution in [0.15, 0.2) is 6.07 Å². The molecule has 6 nitrogen and oxygen atoms in total. The fourth-order valence-electron chi connectivity index (χ4n) is 3.44. The normalized spacial score (nSPS) is 18.7. The van der Waals surface area contributed by atoms with E-state index in [9.17, 15) is 9.59 Å². The molecule has 1 saturated heterocycles. The molecular formula is C18H28N4O2. The standard InChI is InChI=1S/C18H28N4O2/c1-13-12-14(2)22(20-13)9-3-8-19-17(23)15-6-10-21(11-7-15)18(24)16-4-5-16/h12,15-16H,3-11H2,1-2H3,(H,19,23). The van der Waals surface area contributed by atoms with Crippen LogP contribution < -0.4 is 5.32 Å². The molecule has 3 rings (SSSR count). The van der Waals surface area contributed by atoms with Gasteiger partial charge in [0.05, 0.1) is 5.69 Å². The van der Waals surface area contributed by atoms with Gasteiger partial charge in [-0.25, -0.2) is 0 Å². The van der Waals surface area contributed by atoms with E-state index in [1.54, 1.807) is 0 Å². The summed E-state index contributed by atoms with van der Waals surface area (Å²) in [6.45, 7) is 7.02. The Morgan fingerprint density at radius 2 is 1.88 bits per heavy atom. The SMILES string of the molecule is Cc1cc(C)n(CCCNC(=O)C2CCN(C(=O)C3CC3)CC2)n1. The van der Waals surface area contributed by atoms with Crippen LogP contribution in [-0.4, -0.2) is 46.1 Å². The van der Waals surface area contributed by atoms with E-state index in [1.807, 2.05) is 16.5 Å². The van der Waals surface area contributed by atoms with Crippen LogP contribution in [0.4, 0.5) is 0 Å². The molecule has 0 aromatic carbocycles. The summed E-state index contributed by atoms with van der Waals surface area (Å²) in [7, 11) is 0. The molecule has 6 heteroatoms. The average Bonchev–Trinajstić information content (AvgIpc) is 3.37. The van der Waals surface area contributed by atoms with Crippen LogP contribution in [0, 0.1) is 25.7 Å². The first-order valence-electron chi connectivity index (χ1n) is 9.12. The zero-order valence-electron chi connectivity index (χ0n) is 14.8. The smallest absolute Gasteiger partial charge is 0.225 e. The second-order valence-corrected chi connectivity index (χ2v) is 7.17. The van der Waals surface area contributed by atoms with Crippen LogP contribution >= 0.6 is 0 Å². The van der Waals surface area contributed by atoms with Crippen LogP contribution in [0.25, 0.3) is 0 Å². The molecule has 0 atom stereocenters. The van der Waals surface area contributed by atoms with Crippen LogP contribution in [0.1, 0.15) is 43.5 Å². The summed E-state index contributed by atoms with van der Waals surface area (Å²) in [6, 6.07) is 2.06. The molecule has 1 aromatic rings. The van der Waals surface area contributed by atoms with Crippen molar-refractivity contribution in [3.8, 4) is 0 Å². The number of aromatic nitrogens is 2. The molecule has 0 spiro atoms. The van der Waals surface area contributed by atoms with E-state index in [1.165, 1.54) is 0 Å². The maximum absolute atomic E-state index is 12.3. The van der Waals surface area contributed by atoms with Gasteiger partial charge in [0, 0.05) is 43.7 Å². The minimum atomic E-state index is 0.0573. The molecule has 24 heavy (non-hydrogen) atoms. The van der Waals surface area contributed by atoms with Crippen molar-refractivity contribution in [1.29, 1.82) is 0 Å². The largest absolute Gasteiger partial charge is 0.356 e. The predicted octanol–water partition coefficient (Wildman–Crippen LogP) is 1.65. The van der Waals surface area contributed by atoms with Gasteiger partial charge in [-0.2, -0.15) is 5.10 Å². The predicted molar refractivity (Wildman–Crippen MR) is 91.4 cm³/mol. The molecule has 0 radical (unpaired) electrons.